The zero-order valence-electron chi connectivity index (χ0n) is 15.7. The molecule has 0 aromatic carbocycles. The number of hydrogen-bond donors (Lipinski definition) is 0. The first kappa shape index (κ1) is 18.8. The zero-order valence-corrected chi connectivity index (χ0v) is 16.5. The maximum atomic E-state index is 12.3. The summed E-state index contributed by atoms with van der Waals surface area (Å²) in [6.07, 6.45) is 2.29. The van der Waals surface area contributed by atoms with Crippen LogP contribution in [-0.4, -0.2) is 67.4 Å². The molecule has 1 fully saturated rings. The Balaban J connectivity index is 1.65. The predicted molar refractivity (Wildman–Crippen MR) is 99.0 cm³/mol. The molecular formula is C17H25ClN6O2. The summed E-state index contributed by atoms with van der Waals surface area (Å²) in [6.45, 7) is 9.14. The van der Waals surface area contributed by atoms with Crippen molar-refractivity contribution >= 4 is 28.7 Å². The van der Waals surface area contributed by atoms with Gasteiger partial charge < -0.3 is 9.64 Å². The van der Waals surface area contributed by atoms with Crippen LogP contribution in [0.25, 0.3) is 11.0 Å². The Labute approximate surface area is 158 Å². The second-order valence-electron chi connectivity index (χ2n) is 7.53. The minimum atomic E-state index is -0.480. The highest BCUT2D eigenvalue weighted by molar-refractivity contribution is 6.33. The van der Waals surface area contributed by atoms with Crippen LogP contribution < -0.4 is 0 Å². The number of amides is 1. The molecule has 0 N–H and O–H groups in total. The third-order valence-electron chi connectivity index (χ3n) is 4.20. The fourth-order valence-corrected chi connectivity index (χ4v) is 3.17. The second kappa shape index (κ2) is 7.36. The summed E-state index contributed by atoms with van der Waals surface area (Å²) in [5.74, 6) is 0.664. The Kier molecular flexibility index (Phi) is 5.34. The Morgan fingerprint density at radius 1 is 1.23 bits per heavy atom. The van der Waals surface area contributed by atoms with E-state index in [9.17, 15) is 4.79 Å². The first-order valence-electron chi connectivity index (χ1n) is 8.77. The van der Waals surface area contributed by atoms with Crippen molar-refractivity contribution in [2.75, 3.05) is 26.2 Å². The number of nitrogens with zero attached hydrogens (tertiary/aromatic N) is 6. The fraction of sp³-hybridized carbons (Fsp3) is 0.647. The first-order valence-corrected chi connectivity index (χ1v) is 9.15. The van der Waals surface area contributed by atoms with Gasteiger partial charge in [-0.15, -0.1) is 0 Å². The number of carbonyl (C=O) groups is 1. The van der Waals surface area contributed by atoms with E-state index >= 15 is 0 Å². The maximum Gasteiger partial charge on any atom is 0.410 e. The molecule has 3 heterocycles. The lowest BCUT2D eigenvalue weighted by Crippen LogP contribution is -2.39. The van der Waals surface area contributed by atoms with Crippen LogP contribution in [0.3, 0.4) is 0 Å². The number of rotatable bonds is 2. The van der Waals surface area contributed by atoms with Gasteiger partial charge >= 0.3 is 6.09 Å². The van der Waals surface area contributed by atoms with Crippen molar-refractivity contribution in [3.05, 3.63) is 17.2 Å². The summed E-state index contributed by atoms with van der Waals surface area (Å²) in [4.78, 5) is 25.2. The lowest BCUT2D eigenvalue weighted by atomic mass is 10.2. The van der Waals surface area contributed by atoms with Gasteiger partial charge in [-0.1, -0.05) is 11.6 Å². The minimum Gasteiger partial charge on any atom is -0.444 e. The van der Waals surface area contributed by atoms with E-state index in [1.54, 1.807) is 15.8 Å². The smallest absolute Gasteiger partial charge is 0.410 e. The van der Waals surface area contributed by atoms with Crippen LogP contribution in [-0.2, 0) is 18.3 Å². The van der Waals surface area contributed by atoms with Crippen molar-refractivity contribution in [1.82, 2.24) is 29.5 Å². The average molecular weight is 381 g/mol. The van der Waals surface area contributed by atoms with E-state index in [1.807, 2.05) is 27.8 Å². The summed E-state index contributed by atoms with van der Waals surface area (Å²) in [5, 5.41) is 5.35. The van der Waals surface area contributed by atoms with Crippen molar-refractivity contribution in [1.29, 1.82) is 0 Å². The van der Waals surface area contributed by atoms with Crippen LogP contribution in [0.1, 0.15) is 33.0 Å². The van der Waals surface area contributed by atoms with Gasteiger partial charge in [-0.2, -0.15) is 5.10 Å². The zero-order chi connectivity index (χ0) is 18.9. The normalized spacial score (nSPS) is 16.7. The lowest BCUT2D eigenvalue weighted by molar-refractivity contribution is 0.0257. The van der Waals surface area contributed by atoms with Gasteiger partial charge in [0.25, 0.3) is 0 Å². The Bertz CT molecular complexity index is 800. The number of carbonyl (C=O) groups excluding carboxylic acids is 1. The third kappa shape index (κ3) is 4.42. The second-order valence-corrected chi connectivity index (χ2v) is 7.89. The molecule has 1 aliphatic rings. The molecule has 26 heavy (non-hydrogen) atoms. The average Bonchev–Trinajstić information content (AvgIpc) is 2.76. The molecule has 8 nitrogen and oxygen atoms in total. The summed E-state index contributed by atoms with van der Waals surface area (Å²) in [6, 6.07) is 0. The van der Waals surface area contributed by atoms with E-state index in [-0.39, 0.29) is 6.09 Å². The van der Waals surface area contributed by atoms with Crippen LogP contribution in [0.4, 0.5) is 4.79 Å². The molecule has 0 bridgehead atoms. The molecular weight excluding hydrogens is 356 g/mol. The molecule has 1 saturated heterocycles. The van der Waals surface area contributed by atoms with Crippen molar-refractivity contribution in [2.45, 2.75) is 39.3 Å². The summed E-state index contributed by atoms with van der Waals surface area (Å²) in [7, 11) is 1.83. The molecule has 2 aromatic heterocycles. The topological polar surface area (TPSA) is 76.4 Å². The van der Waals surface area contributed by atoms with E-state index in [2.05, 4.69) is 20.0 Å². The standard InChI is InChI=1S/C17H25ClN6O2/c1-17(2,3)26-16(25)24-7-5-6-23(8-9-24)11-13-20-14(18)12-10-19-22(4)15(12)21-13/h10H,5-9,11H2,1-4H3. The number of aryl methyl sites for hydroxylation is 1. The quantitative estimate of drug-likeness (QED) is 0.745. The number of halogens is 1. The largest absolute Gasteiger partial charge is 0.444 e. The van der Waals surface area contributed by atoms with Gasteiger partial charge in [0.1, 0.15) is 16.6 Å². The van der Waals surface area contributed by atoms with Gasteiger partial charge in [0.2, 0.25) is 0 Å². The maximum absolute atomic E-state index is 12.3. The SMILES string of the molecule is Cn1ncc2c(Cl)nc(CN3CCCN(C(=O)OC(C)(C)C)CC3)nc21. The summed E-state index contributed by atoms with van der Waals surface area (Å²) >= 11 is 6.26. The molecule has 0 unspecified atom stereocenters. The van der Waals surface area contributed by atoms with E-state index in [0.29, 0.717) is 30.6 Å². The first-order chi connectivity index (χ1) is 12.2. The van der Waals surface area contributed by atoms with E-state index < -0.39 is 5.60 Å². The molecule has 0 aliphatic carbocycles. The minimum absolute atomic E-state index is 0.255. The highest BCUT2D eigenvalue weighted by Gasteiger charge is 2.25. The van der Waals surface area contributed by atoms with Gasteiger partial charge in [0.15, 0.2) is 5.65 Å². The summed E-state index contributed by atoms with van der Waals surface area (Å²) in [5.41, 5.74) is 0.247. The highest BCUT2D eigenvalue weighted by atomic mass is 35.5. The number of fused-ring (bicyclic) bond motifs is 1. The van der Waals surface area contributed by atoms with Crippen LogP contribution >= 0.6 is 11.6 Å². The highest BCUT2D eigenvalue weighted by Crippen LogP contribution is 2.20. The Morgan fingerprint density at radius 2 is 2.00 bits per heavy atom. The van der Waals surface area contributed by atoms with E-state index in [1.165, 1.54) is 0 Å². The van der Waals surface area contributed by atoms with Crippen molar-refractivity contribution in [2.24, 2.45) is 7.05 Å². The molecule has 1 amide bonds. The van der Waals surface area contributed by atoms with Crippen LogP contribution in [0.15, 0.2) is 6.20 Å². The molecule has 3 rings (SSSR count). The van der Waals surface area contributed by atoms with Crippen molar-refractivity contribution in [3.63, 3.8) is 0 Å². The molecule has 9 heteroatoms. The van der Waals surface area contributed by atoms with Gasteiger partial charge in [0.05, 0.1) is 18.1 Å². The van der Waals surface area contributed by atoms with Gasteiger partial charge in [-0.3, -0.25) is 9.58 Å². The number of hydrogen-bond acceptors (Lipinski definition) is 6. The number of ether oxygens (including phenoxy) is 1. The molecule has 0 atom stereocenters. The van der Waals surface area contributed by atoms with Crippen LogP contribution in [0.2, 0.25) is 5.15 Å². The monoisotopic (exact) mass is 380 g/mol. The van der Waals surface area contributed by atoms with Gasteiger partial charge in [0, 0.05) is 33.2 Å². The Hall–Kier alpha value is -1.93. The predicted octanol–water partition coefficient (Wildman–Crippen LogP) is 2.46. The molecule has 0 radical (unpaired) electrons. The van der Waals surface area contributed by atoms with Crippen molar-refractivity contribution < 1.29 is 9.53 Å². The molecule has 142 valence electrons. The van der Waals surface area contributed by atoms with Crippen molar-refractivity contribution in [3.8, 4) is 0 Å². The van der Waals surface area contributed by atoms with Gasteiger partial charge in [-0.05, 0) is 27.2 Å². The van der Waals surface area contributed by atoms with Gasteiger partial charge in [-0.25, -0.2) is 14.8 Å². The Morgan fingerprint density at radius 3 is 2.73 bits per heavy atom. The number of aromatic nitrogens is 4. The molecule has 2 aromatic rings. The van der Waals surface area contributed by atoms with Crippen LogP contribution in [0.5, 0.6) is 0 Å². The molecule has 1 aliphatic heterocycles. The fourth-order valence-electron chi connectivity index (χ4n) is 2.94. The van der Waals surface area contributed by atoms with Crippen LogP contribution in [0, 0.1) is 0 Å². The lowest BCUT2D eigenvalue weighted by Gasteiger charge is -2.26. The third-order valence-corrected chi connectivity index (χ3v) is 4.49. The molecule has 0 saturated carbocycles. The van der Waals surface area contributed by atoms with E-state index in [0.717, 1.165) is 30.5 Å². The molecule has 0 spiro atoms. The van der Waals surface area contributed by atoms with E-state index in [4.69, 9.17) is 16.3 Å². The summed E-state index contributed by atoms with van der Waals surface area (Å²) < 4.78 is 7.16.